The standard InChI is InChI=1S/C20H18BrClFN3O3/c1-11-2-3-26-16(9-13-10-25(20(27)28)4-5-29-13)19(24-17(26)6-11)18-14(22)7-12(21)8-15(18)23/h2-3,6-8,13H,4-5,9-10H2,1H3,(H,27,28). The number of morpholine rings is 1. The molecule has 29 heavy (non-hydrogen) atoms. The van der Waals surface area contributed by atoms with E-state index in [1.807, 2.05) is 29.7 Å². The smallest absolute Gasteiger partial charge is 0.407 e. The molecular formula is C20H18BrClFN3O3. The van der Waals surface area contributed by atoms with Crippen LogP contribution in [0.15, 0.2) is 34.9 Å². The largest absolute Gasteiger partial charge is 0.465 e. The third-order valence-corrected chi connectivity index (χ3v) is 5.71. The van der Waals surface area contributed by atoms with Gasteiger partial charge in [-0.25, -0.2) is 14.2 Å². The number of fused-ring (bicyclic) bond motifs is 1. The lowest BCUT2D eigenvalue weighted by Crippen LogP contribution is -2.45. The summed E-state index contributed by atoms with van der Waals surface area (Å²) in [5.74, 6) is -0.484. The summed E-state index contributed by atoms with van der Waals surface area (Å²) < 4.78 is 23.1. The Balaban J connectivity index is 1.82. The minimum Gasteiger partial charge on any atom is -0.465 e. The predicted molar refractivity (Wildman–Crippen MR) is 111 cm³/mol. The Hall–Kier alpha value is -2.16. The number of aromatic nitrogens is 2. The van der Waals surface area contributed by atoms with Crippen molar-refractivity contribution in [3.8, 4) is 11.3 Å². The van der Waals surface area contributed by atoms with Gasteiger partial charge in [0, 0.05) is 23.6 Å². The fourth-order valence-electron chi connectivity index (χ4n) is 3.59. The van der Waals surface area contributed by atoms with Crippen LogP contribution in [0.5, 0.6) is 0 Å². The maximum Gasteiger partial charge on any atom is 0.407 e. The molecular weight excluding hydrogens is 465 g/mol. The number of carboxylic acid groups (broad SMARTS) is 1. The van der Waals surface area contributed by atoms with Gasteiger partial charge in [-0.05, 0) is 36.8 Å². The zero-order chi connectivity index (χ0) is 20.7. The maximum atomic E-state index is 14.9. The van der Waals surface area contributed by atoms with Gasteiger partial charge in [-0.3, -0.25) is 0 Å². The molecule has 1 fully saturated rings. The van der Waals surface area contributed by atoms with E-state index >= 15 is 0 Å². The van der Waals surface area contributed by atoms with Crippen LogP contribution in [0.25, 0.3) is 16.9 Å². The van der Waals surface area contributed by atoms with Crippen LogP contribution >= 0.6 is 27.5 Å². The van der Waals surface area contributed by atoms with Crippen molar-refractivity contribution in [1.29, 1.82) is 0 Å². The van der Waals surface area contributed by atoms with Gasteiger partial charge < -0.3 is 19.1 Å². The molecule has 3 aromatic rings. The van der Waals surface area contributed by atoms with Crippen LogP contribution in [0.1, 0.15) is 11.3 Å². The van der Waals surface area contributed by atoms with Crippen molar-refractivity contribution in [2.75, 3.05) is 19.7 Å². The first-order valence-corrected chi connectivity index (χ1v) is 10.2. The van der Waals surface area contributed by atoms with E-state index in [2.05, 4.69) is 20.9 Å². The van der Waals surface area contributed by atoms with E-state index in [9.17, 15) is 14.3 Å². The third kappa shape index (κ3) is 3.97. The Labute approximate surface area is 180 Å². The maximum absolute atomic E-state index is 14.9. The lowest BCUT2D eigenvalue weighted by atomic mass is 10.0. The van der Waals surface area contributed by atoms with Gasteiger partial charge in [-0.1, -0.05) is 27.5 Å². The minimum absolute atomic E-state index is 0.220. The fraction of sp³-hybridized carbons (Fsp3) is 0.300. The van der Waals surface area contributed by atoms with Crippen LogP contribution in [0, 0.1) is 12.7 Å². The molecule has 2 aromatic heterocycles. The highest BCUT2D eigenvalue weighted by molar-refractivity contribution is 9.10. The highest BCUT2D eigenvalue weighted by Gasteiger charge is 2.28. The van der Waals surface area contributed by atoms with Gasteiger partial charge in [0.2, 0.25) is 0 Å². The van der Waals surface area contributed by atoms with E-state index in [-0.39, 0.29) is 23.2 Å². The van der Waals surface area contributed by atoms with Crippen LogP contribution in [0.4, 0.5) is 9.18 Å². The van der Waals surface area contributed by atoms with E-state index in [1.165, 1.54) is 11.0 Å². The molecule has 152 valence electrons. The van der Waals surface area contributed by atoms with Crippen LogP contribution in [0.2, 0.25) is 5.02 Å². The van der Waals surface area contributed by atoms with Crippen LogP contribution in [0.3, 0.4) is 0 Å². The molecule has 1 aliphatic rings. The Morgan fingerprint density at radius 3 is 2.97 bits per heavy atom. The summed E-state index contributed by atoms with van der Waals surface area (Å²) in [4.78, 5) is 17.3. The third-order valence-electron chi connectivity index (χ3n) is 4.95. The molecule has 1 aliphatic heterocycles. The summed E-state index contributed by atoms with van der Waals surface area (Å²) in [6.45, 7) is 2.84. The van der Waals surface area contributed by atoms with Crippen molar-refractivity contribution in [3.63, 3.8) is 0 Å². The van der Waals surface area contributed by atoms with Gasteiger partial charge in [0.15, 0.2) is 0 Å². The van der Waals surface area contributed by atoms with Gasteiger partial charge >= 0.3 is 6.09 Å². The van der Waals surface area contributed by atoms with Crippen molar-refractivity contribution in [2.24, 2.45) is 0 Å². The first kappa shape index (κ1) is 20.1. The summed E-state index contributed by atoms with van der Waals surface area (Å²) in [6, 6.07) is 6.82. The van der Waals surface area contributed by atoms with Crippen molar-refractivity contribution in [3.05, 3.63) is 57.0 Å². The molecule has 0 radical (unpaired) electrons. The Morgan fingerprint density at radius 1 is 1.45 bits per heavy atom. The molecule has 1 saturated heterocycles. The van der Waals surface area contributed by atoms with Gasteiger partial charge in [0.05, 0.1) is 41.2 Å². The monoisotopic (exact) mass is 481 g/mol. The van der Waals surface area contributed by atoms with Crippen molar-refractivity contribution in [2.45, 2.75) is 19.4 Å². The number of hydrogen-bond acceptors (Lipinski definition) is 3. The number of imidazole rings is 1. The number of aryl methyl sites for hydroxylation is 1. The van der Waals surface area contributed by atoms with E-state index in [0.29, 0.717) is 35.4 Å². The SMILES string of the molecule is Cc1ccn2c(CC3CN(C(=O)O)CCO3)c(-c3c(F)cc(Br)cc3Cl)nc2c1. The van der Waals surface area contributed by atoms with Crippen LogP contribution < -0.4 is 0 Å². The average Bonchev–Trinajstić information content (AvgIpc) is 2.98. The van der Waals surface area contributed by atoms with E-state index in [0.717, 1.165) is 11.3 Å². The second kappa shape index (κ2) is 7.93. The summed E-state index contributed by atoms with van der Waals surface area (Å²) >= 11 is 9.62. The summed E-state index contributed by atoms with van der Waals surface area (Å²) in [5, 5.41) is 9.54. The number of rotatable bonds is 3. The number of benzene rings is 1. The molecule has 1 aromatic carbocycles. The van der Waals surface area contributed by atoms with Gasteiger partial charge in [0.1, 0.15) is 11.5 Å². The molecule has 1 unspecified atom stereocenters. The first-order chi connectivity index (χ1) is 13.8. The molecule has 1 atom stereocenters. The molecule has 1 amide bonds. The number of amides is 1. The van der Waals surface area contributed by atoms with Crippen molar-refractivity contribution in [1.82, 2.24) is 14.3 Å². The topological polar surface area (TPSA) is 67.1 Å². The van der Waals surface area contributed by atoms with Gasteiger partial charge in [-0.15, -0.1) is 0 Å². The molecule has 6 nitrogen and oxygen atoms in total. The highest BCUT2D eigenvalue weighted by Crippen LogP contribution is 2.36. The first-order valence-electron chi connectivity index (χ1n) is 9.05. The zero-order valence-corrected chi connectivity index (χ0v) is 17.9. The second-order valence-electron chi connectivity index (χ2n) is 7.01. The van der Waals surface area contributed by atoms with E-state index in [4.69, 9.17) is 16.3 Å². The van der Waals surface area contributed by atoms with Crippen molar-refractivity contribution < 1.29 is 19.0 Å². The summed E-state index contributed by atoms with van der Waals surface area (Å²) in [5.41, 5.74) is 3.06. The van der Waals surface area contributed by atoms with Crippen molar-refractivity contribution >= 4 is 39.3 Å². The quantitative estimate of drug-likeness (QED) is 0.583. The number of halogens is 3. The molecule has 0 spiro atoms. The van der Waals surface area contributed by atoms with E-state index in [1.54, 1.807) is 6.07 Å². The highest BCUT2D eigenvalue weighted by atomic mass is 79.9. The Kier molecular flexibility index (Phi) is 5.50. The van der Waals surface area contributed by atoms with Gasteiger partial charge in [-0.2, -0.15) is 0 Å². The zero-order valence-electron chi connectivity index (χ0n) is 15.5. The molecule has 1 N–H and O–H groups in total. The van der Waals surface area contributed by atoms with Gasteiger partial charge in [0.25, 0.3) is 0 Å². The number of carbonyl (C=O) groups is 1. The lowest BCUT2D eigenvalue weighted by Gasteiger charge is -2.31. The number of ether oxygens (including phenoxy) is 1. The minimum atomic E-state index is -0.978. The Morgan fingerprint density at radius 2 is 2.24 bits per heavy atom. The fourth-order valence-corrected chi connectivity index (χ4v) is 4.45. The molecule has 3 heterocycles. The lowest BCUT2D eigenvalue weighted by molar-refractivity contribution is -0.0214. The number of nitrogens with zero attached hydrogens (tertiary/aromatic N) is 3. The number of pyridine rings is 1. The van der Waals surface area contributed by atoms with Crippen LogP contribution in [-0.2, 0) is 11.2 Å². The molecule has 0 bridgehead atoms. The average molecular weight is 483 g/mol. The Bertz CT molecular complexity index is 1080. The summed E-state index contributed by atoms with van der Waals surface area (Å²) in [7, 11) is 0. The second-order valence-corrected chi connectivity index (χ2v) is 8.33. The van der Waals surface area contributed by atoms with Crippen LogP contribution in [-0.4, -0.2) is 51.3 Å². The molecule has 0 saturated carbocycles. The molecule has 4 rings (SSSR count). The molecule has 0 aliphatic carbocycles. The molecule has 9 heteroatoms. The normalized spacial score (nSPS) is 17.1. The predicted octanol–water partition coefficient (Wildman–Crippen LogP) is 4.79. The number of hydrogen-bond donors (Lipinski definition) is 1. The summed E-state index contributed by atoms with van der Waals surface area (Å²) in [6.07, 6.45) is 0.903. The van der Waals surface area contributed by atoms with E-state index < -0.39 is 11.9 Å².